The van der Waals surface area contributed by atoms with Gasteiger partial charge in [-0.3, -0.25) is 35.0 Å². The summed E-state index contributed by atoms with van der Waals surface area (Å²) in [6.07, 6.45) is 12.5. The molecule has 5 heterocycles. The summed E-state index contributed by atoms with van der Waals surface area (Å²) in [6, 6.07) is 12.4. The Balaban J connectivity index is 1.08. The number of fused-ring (bicyclic) bond motifs is 3. The van der Waals surface area contributed by atoms with Crippen LogP contribution in [-0.4, -0.2) is 85.9 Å². The molecule has 3 fully saturated rings. The number of carbonyl (C=O) groups is 5. The second kappa shape index (κ2) is 17.3. The van der Waals surface area contributed by atoms with Gasteiger partial charge < -0.3 is 25.0 Å². The van der Waals surface area contributed by atoms with E-state index in [1.807, 2.05) is 53.9 Å². The molecule has 4 N–H and O–H groups in total. The van der Waals surface area contributed by atoms with Crippen LogP contribution in [0, 0.1) is 5.92 Å². The number of pyridine rings is 1. The minimum Gasteiger partial charge on any atom is -0.471 e. The molecule has 2 aliphatic heterocycles. The van der Waals surface area contributed by atoms with Gasteiger partial charge in [0.2, 0.25) is 17.7 Å². The topological polar surface area (TPSA) is 194 Å². The first-order valence-electron chi connectivity index (χ1n) is 20.0. The summed E-state index contributed by atoms with van der Waals surface area (Å²) in [7, 11) is 0. The van der Waals surface area contributed by atoms with E-state index in [9.17, 15) is 24.0 Å². The molecule has 3 aromatic heterocycles. The normalized spacial score (nSPS) is 25.6. The number of para-hydroxylation sites is 2. The number of hydrazine groups is 1. The number of nitrogens with one attached hydrogen (secondary N) is 4. The first-order valence-corrected chi connectivity index (χ1v) is 20.9. The average molecular weight is 807 g/mol. The second-order valence-corrected chi connectivity index (χ2v) is 16.3. The molecule has 2 aliphatic carbocycles. The van der Waals surface area contributed by atoms with E-state index in [4.69, 9.17) is 19.4 Å². The molecule has 1 saturated heterocycles. The summed E-state index contributed by atoms with van der Waals surface area (Å²) in [4.78, 5) is 85.1. The number of hydrogen-bond acceptors (Lipinski definition) is 11. The van der Waals surface area contributed by atoms with E-state index >= 15 is 0 Å². The number of benzene rings is 1. The number of alkyl carbamates (subject to hydrolysis) is 1. The van der Waals surface area contributed by atoms with E-state index in [-0.39, 0.29) is 36.4 Å². The van der Waals surface area contributed by atoms with Crippen molar-refractivity contribution in [3.63, 3.8) is 0 Å². The molecule has 2 saturated carbocycles. The molecule has 1 aromatic carbocycles. The van der Waals surface area contributed by atoms with Crippen LogP contribution in [0.2, 0.25) is 0 Å². The Labute approximate surface area is 339 Å². The fourth-order valence-electron chi connectivity index (χ4n) is 8.09. The van der Waals surface area contributed by atoms with Gasteiger partial charge in [0.1, 0.15) is 35.5 Å². The highest BCUT2D eigenvalue weighted by molar-refractivity contribution is 7.13. The average Bonchev–Trinajstić information content (AvgIpc) is 3.74. The van der Waals surface area contributed by atoms with Crippen molar-refractivity contribution in [1.82, 2.24) is 41.3 Å². The fraction of sp³-hybridized carbons (Fsp3) is 0.429. The van der Waals surface area contributed by atoms with Crippen LogP contribution in [0.4, 0.5) is 4.79 Å². The van der Waals surface area contributed by atoms with Crippen LogP contribution < -0.4 is 26.2 Å². The van der Waals surface area contributed by atoms with Crippen molar-refractivity contribution in [3.8, 4) is 16.5 Å². The van der Waals surface area contributed by atoms with Crippen molar-refractivity contribution in [2.45, 2.75) is 100 Å². The summed E-state index contributed by atoms with van der Waals surface area (Å²) in [5.41, 5.74) is 5.67. The van der Waals surface area contributed by atoms with Crippen LogP contribution in [-0.2, 0) is 19.1 Å². The third-order valence-corrected chi connectivity index (χ3v) is 12.2. The Kier molecular flexibility index (Phi) is 11.6. The molecule has 0 radical (unpaired) electrons. The van der Waals surface area contributed by atoms with Crippen LogP contribution in [0.3, 0.4) is 0 Å². The highest BCUT2D eigenvalue weighted by Crippen LogP contribution is 2.45. The first kappa shape index (κ1) is 38.9. The number of hydrogen-bond donors (Lipinski definition) is 4. The maximum atomic E-state index is 14.7. The number of thiophene rings is 1. The molecule has 0 spiro atoms. The minimum atomic E-state index is -1.39. The van der Waals surface area contributed by atoms with Gasteiger partial charge in [-0.15, -0.1) is 11.3 Å². The number of amides is 5. The lowest BCUT2D eigenvalue weighted by molar-refractivity contribution is -0.141. The standard InChI is InChI=1S/C42H46N8O7S/c51-36(26-12-10-20-43-24-26)48-49-40(54)42-23-27(42)13-4-2-1-3-5-18-32(46-41(55)57-28-14-6-7-15-28)39(53)50-25-29(22-33(50)37(52)47-42)56-38-35(34-19-11-21-58-34)44-30-16-8-9-17-31(30)45-38/h4,8-13,16-17,19-21,24,27-29,32-33H,1-3,5-7,14-15,18,22-23,25H2,(H,46,55)(H,47,52)(H,48,51)(H,49,54)/b13-4-/t27-,29-,32+,33+,42-/m1/s1. The van der Waals surface area contributed by atoms with E-state index in [2.05, 4.69) is 26.5 Å². The summed E-state index contributed by atoms with van der Waals surface area (Å²) in [6.45, 7) is 0.00879. The highest BCUT2D eigenvalue weighted by atomic mass is 32.1. The monoisotopic (exact) mass is 806 g/mol. The number of rotatable bonds is 7. The molecule has 5 atom stereocenters. The lowest BCUT2D eigenvalue weighted by Gasteiger charge is -2.30. The molecule has 58 heavy (non-hydrogen) atoms. The molecule has 4 aliphatic rings. The molecular formula is C42H46N8O7S. The third-order valence-electron chi connectivity index (χ3n) is 11.3. The van der Waals surface area contributed by atoms with Gasteiger partial charge >= 0.3 is 6.09 Å². The van der Waals surface area contributed by atoms with Gasteiger partial charge in [-0.1, -0.05) is 43.2 Å². The smallest absolute Gasteiger partial charge is 0.408 e. The highest BCUT2D eigenvalue weighted by Gasteiger charge is 2.61. The molecule has 8 rings (SSSR count). The molecule has 15 nitrogen and oxygen atoms in total. The van der Waals surface area contributed by atoms with Crippen molar-refractivity contribution in [2.75, 3.05) is 6.54 Å². The minimum absolute atomic E-state index is 0.00879. The Bertz CT molecular complexity index is 2180. The predicted molar refractivity (Wildman–Crippen MR) is 214 cm³/mol. The van der Waals surface area contributed by atoms with Crippen molar-refractivity contribution in [3.05, 3.63) is 84.0 Å². The predicted octanol–water partition coefficient (Wildman–Crippen LogP) is 5.00. The number of carbonyl (C=O) groups excluding carboxylic acids is 5. The van der Waals surface area contributed by atoms with E-state index in [1.165, 1.54) is 28.6 Å². The Morgan fingerprint density at radius 2 is 1.71 bits per heavy atom. The zero-order valence-electron chi connectivity index (χ0n) is 31.9. The fourth-order valence-corrected chi connectivity index (χ4v) is 8.80. The largest absolute Gasteiger partial charge is 0.471 e. The van der Waals surface area contributed by atoms with Crippen LogP contribution in [0.5, 0.6) is 5.88 Å². The zero-order valence-corrected chi connectivity index (χ0v) is 32.7. The molecule has 0 bridgehead atoms. The Morgan fingerprint density at radius 3 is 2.48 bits per heavy atom. The quantitative estimate of drug-likeness (QED) is 0.146. The molecule has 16 heteroatoms. The van der Waals surface area contributed by atoms with E-state index < -0.39 is 53.4 Å². The van der Waals surface area contributed by atoms with Crippen LogP contribution >= 0.6 is 11.3 Å². The van der Waals surface area contributed by atoms with Gasteiger partial charge in [0.25, 0.3) is 11.8 Å². The van der Waals surface area contributed by atoms with Gasteiger partial charge in [0, 0.05) is 24.7 Å². The van der Waals surface area contributed by atoms with Crippen molar-refractivity contribution in [1.29, 1.82) is 0 Å². The van der Waals surface area contributed by atoms with E-state index in [0.717, 1.165) is 49.8 Å². The van der Waals surface area contributed by atoms with Crippen molar-refractivity contribution in [2.24, 2.45) is 5.92 Å². The molecule has 302 valence electrons. The van der Waals surface area contributed by atoms with Gasteiger partial charge in [-0.2, -0.15) is 0 Å². The van der Waals surface area contributed by atoms with Gasteiger partial charge in [-0.05, 0) is 87.1 Å². The molecule has 0 unspecified atom stereocenters. The van der Waals surface area contributed by atoms with Crippen molar-refractivity contribution < 1.29 is 33.4 Å². The summed E-state index contributed by atoms with van der Waals surface area (Å²) in [5, 5.41) is 7.76. The number of ether oxygens (including phenoxy) is 2. The Hall–Kier alpha value is -5.90. The molecule has 5 amide bonds. The van der Waals surface area contributed by atoms with Crippen LogP contribution in [0.15, 0.2) is 78.5 Å². The summed E-state index contributed by atoms with van der Waals surface area (Å²) in [5.74, 6) is -2.25. The third kappa shape index (κ3) is 8.66. The Morgan fingerprint density at radius 1 is 0.897 bits per heavy atom. The SMILES string of the molecule is O=C(N[C@H]1CCCCC/C=C\[C@@H]2C[C@@]2(C(=O)NNC(=O)c2cccnc2)NC(=O)[C@@H]2C[C@@H](Oc3nc4ccccc4nc3-c3cccs3)CN2C1=O)OC1CCCC1. The maximum Gasteiger partial charge on any atom is 0.408 e. The van der Waals surface area contributed by atoms with Crippen molar-refractivity contribution >= 4 is 52.1 Å². The maximum absolute atomic E-state index is 14.7. The lowest BCUT2D eigenvalue weighted by atomic mass is 10.0. The number of aromatic nitrogens is 3. The van der Waals surface area contributed by atoms with Crippen LogP contribution in [0.1, 0.15) is 81.0 Å². The van der Waals surface area contributed by atoms with Crippen LogP contribution in [0.25, 0.3) is 21.6 Å². The van der Waals surface area contributed by atoms with E-state index in [1.54, 1.807) is 12.1 Å². The number of allylic oxidation sites excluding steroid dienone is 1. The first-order chi connectivity index (χ1) is 28.3. The zero-order chi connectivity index (χ0) is 40.1. The van der Waals surface area contributed by atoms with Gasteiger partial charge in [0.05, 0.1) is 28.0 Å². The van der Waals surface area contributed by atoms with Gasteiger partial charge in [0.15, 0.2) is 0 Å². The number of nitrogens with zero attached hydrogens (tertiary/aromatic N) is 4. The molecule has 4 aromatic rings. The van der Waals surface area contributed by atoms with E-state index in [0.29, 0.717) is 36.0 Å². The van der Waals surface area contributed by atoms with Gasteiger partial charge in [-0.25, -0.2) is 14.8 Å². The summed E-state index contributed by atoms with van der Waals surface area (Å²) >= 11 is 1.49. The second-order valence-electron chi connectivity index (χ2n) is 15.3. The molecular weight excluding hydrogens is 761 g/mol. The lowest BCUT2D eigenvalue weighted by Crippen LogP contribution is -2.59. The summed E-state index contributed by atoms with van der Waals surface area (Å²) < 4.78 is 12.3.